The topological polar surface area (TPSA) is 232 Å². The Bertz CT molecular complexity index is 1270. The van der Waals surface area contributed by atoms with Crippen molar-refractivity contribution in [2.24, 2.45) is 5.41 Å². The molecule has 0 saturated heterocycles. The zero-order valence-electron chi connectivity index (χ0n) is 32.1. The van der Waals surface area contributed by atoms with Crippen molar-refractivity contribution in [1.29, 1.82) is 0 Å². The minimum atomic E-state index is -2.62. The van der Waals surface area contributed by atoms with E-state index in [-0.39, 0.29) is 21.7 Å². The van der Waals surface area contributed by atoms with Gasteiger partial charge in [-0.1, -0.05) is 107 Å². The van der Waals surface area contributed by atoms with Gasteiger partial charge in [-0.05, 0) is 80.0 Å². The highest BCUT2D eigenvalue weighted by Crippen LogP contribution is 2.53. The van der Waals surface area contributed by atoms with E-state index in [2.05, 4.69) is 112 Å². The number of hydrogen-bond donors (Lipinski definition) is 11. The molecule has 0 heterocycles. The fourth-order valence-electron chi connectivity index (χ4n) is 5.80. The van der Waals surface area contributed by atoms with E-state index >= 15 is 0 Å². The maximum Gasteiger partial charge on any atom is 0.334 e. The normalized spacial score (nSPS) is 13.4. The summed E-state index contributed by atoms with van der Waals surface area (Å²) in [5, 5.41) is 46.1. The fraction of sp³-hybridized carbons (Fsp3) is 0.657. The molecule has 2 rings (SSSR count). The van der Waals surface area contributed by atoms with Gasteiger partial charge < -0.3 is 54.7 Å². The molecule has 0 saturated carbocycles. The molecule has 0 bridgehead atoms. The Morgan fingerprint density at radius 1 is 0.500 bits per heavy atom. The largest absolute Gasteiger partial charge is 0.395 e. The first-order chi connectivity index (χ1) is 22.3. The third-order valence-electron chi connectivity index (χ3n) is 8.56. The second-order valence-corrected chi connectivity index (χ2v) is 19.0. The summed E-state index contributed by atoms with van der Waals surface area (Å²) >= 11 is 0. The van der Waals surface area contributed by atoms with Gasteiger partial charge in [-0.3, -0.25) is 0 Å². The van der Waals surface area contributed by atoms with E-state index < -0.39 is 56.6 Å². The maximum absolute atomic E-state index is 13.4. The van der Waals surface area contributed by atoms with Crippen LogP contribution >= 0.6 is 25.8 Å². The molecule has 11 N–H and O–H groups in total. The summed E-state index contributed by atoms with van der Waals surface area (Å²) < 4.78 is 3.60. The maximum atomic E-state index is 13.4. The Morgan fingerprint density at radius 2 is 0.760 bits per heavy atom. The first-order valence-corrected chi connectivity index (χ1v) is 19.6. The quantitative estimate of drug-likeness (QED) is 0.154. The van der Waals surface area contributed by atoms with E-state index in [1.807, 2.05) is 13.8 Å². The minimum absolute atomic E-state index is 0.121. The summed E-state index contributed by atoms with van der Waals surface area (Å²) in [6.07, 6.45) is 0. The summed E-state index contributed by atoms with van der Waals surface area (Å²) in [6.45, 7) is 28.0. The van der Waals surface area contributed by atoms with Crippen molar-refractivity contribution in [1.82, 2.24) is 0 Å². The molecule has 0 unspecified atom stereocenters. The van der Waals surface area contributed by atoms with Crippen molar-refractivity contribution in [2.75, 3.05) is 19.8 Å². The molecule has 0 aliphatic carbocycles. The molecule has 15 heteroatoms. The molecule has 0 spiro atoms. The van der Waals surface area contributed by atoms with E-state index in [1.54, 1.807) is 0 Å². The van der Waals surface area contributed by atoms with Gasteiger partial charge in [0.15, 0.2) is 0 Å². The van der Waals surface area contributed by atoms with Crippen LogP contribution in [0, 0.1) is 19.3 Å². The van der Waals surface area contributed by atoms with Crippen molar-refractivity contribution in [3.8, 4) is 0 Å². The van der Waals surface area contributed by atoms with Crippen molar-refractivity contribution in [2.45, 2.75) is 124 Å². The number of aliphatic hydroxyl groups is 4. The summed E-state index contributed by atoms with van der Waals surface area (Å²) in [5.41, 5.74) is 2.69. The predicted molar refractivity (Wildman–Crippen MR) is 201 cm³/mol. The number of aryl methyl sites for hydroxylation is 2. The lowest BCUT2D eigenvalue weighted by Gasteiger charge is -2.50. The van der Waals surface area contributed by atoms with Crippen molar-refractivity contribution in [3.05, 3.63) is 68.8 Å². The monoisotopic (exact) mass is 768 g/mol. The summed E-state index contributed by atoms with van der Waals surface area (Å²) in [6, 6.07) is 8.56. The molecule has 0 radical (unpaired) electrons. The van der Waals surface area contributed by atoms with E-state index in [9.17, 15) is 20.4 Å². The Kier molecular flexibility index (Phi) is 18.2. The van der Waals surface area contributed by atoms with E-state index in [0.29, 0.717) is 11.1 Å². The second-order valence-electron chi connectivity index (χ2n) is 16.8. The standard InChI is InChI=1S/C35H56O4.H4O5P2.H3O3P/c1-22-15-24(30(3,4)5)17-26(32(9,10)11)28(22)35(39,34(19-36,20-37)21-38)29-23(2)16-25(31(6,7)8)18-27(29)33(12,13)14;1-6(2)5-7(3)4;1-4(2)3/h15-18,36-39H,19-21H2,1-14H3;1-4H;1-3H. The highest BCUT2D eigenvalue weighted by molar-refractivity contribution is 7.53. The first-order valence-electron chi connectivity index (χ1n) is 16.1. The van der Waals surface area contributed by atoms with Crippen molar-refractivity contribution in [3.63, 3.8) is 0 Å². The van der Waals surface area contributed by atoms with Gasteiger partial charge in [0.25, 0.3) is 0 Å². The zero-order chi connectivity index (χ0) is 40.0. The lowest BCUT2D eigenvalue weighted by atomic mass is 9.58. The van der Waals surface area contributed by atoms with Crippen LogP contribution in [0.4, 0.5) is 0 Å². The van der Waals surface area contributed by atoms with Gasteiger partial charge in [-0.25, -0.2) is 4.31 Å². The van der Waals surface area contributed by atoms with Gasteiger partial charge in [0.1, 0.15) is 5.60 Å². The minimum Gasteiger partial charge on any atom is -0.395 e. The molecule has 12 nitrogen and oxygen atoms in total. The van der Waals surface area contributed by atoms with Gasteiger partial charge in [-0.15, -0.1) is 0 Å². The van der Waals surface area contributed by atoms with Gasteiger partial charge in [-0.2, -0.15) is 0 Å². The average Bonchev–Trinajstić information content (AvgIpc) is 2.90. The van der Waals surface area contributed by atoms with Crippen LogP contribution in [0.2, 0.25) is 0 Å². The third kappa shape index (κ3) is 12.7. The molecule has 0 amide bonds. The zero-order valence-corrected chi connectivity index (χ0v) is 34.8. The molecule has 50 heavy (non-hydrogen) atoms. The van der Waals surface area contributed by atoms with Gasteiger partial charge in [0.05, 0.1) is 25.2 Å². The molecule has 2 aromatic carbocycles. The molecular formula is C35H63O12P3. The van der Waals surface area contributed by atoms with Crippen LogP contribution in [-0.4, -0.2) is 74.5 Å². The molecule has 2 aromatic rings. The van der Waals surface area contributed by atoms with Gasteiger partial charge >= 0.3 is 25.8 Å². The first kappa shape index (κ1) is 49.2. The second kappa shape index (κ2) is 18.5. The highest BCUT2D eigenvalue weighted by Gasteiger charge is 2.56. The molecule has 290 valence electrons. The SMILES string of the molecule is Cc1cc(C(C)(C)C)cc(C(C)(C)C)c1C(O)(c1c(C)cc(C(C)(C)C)cc1C(C)(C)C)C(CO)(CO)CO.OP(O)O.OP(O)OP(O)O. The van der Waals surface area contributed by atoms with Crippen LogP contribution in [0.1, 0.15) is 128 Å². The number of hydrogen-bond acceptors (Lipinski definition) is 12. The van der Waals surface area contributed by atoms with Crippen LogP contribution in [-0.2, 0) is 31.6 Å². The summed E-state index contributed by atoms with van der Waals surface area (Å²) in [7, 11) is -7.84. The van der Waals surface area contributed by atoms with Gasteiger partial charge in [0.2, 0.25) is 0 Å². The van der Waals surface area contributed by atoms with E-state index in [0.717, 1.165) is 33.4 Å². The van der Waals surface area contributed by atoms with Crippen LogP contribution in [0.15, 0.2) is 24.3 Å². The summed E-state index contributed by atoms with van der Waals surface area (Å²) in [5.74, 6) is 0. The van der Waals surface area contributed by atoms with Crippen LogP contribution in [0.25, 0.3) is 0 Å². The lowest BCUT2D eigenvalue weighted by molar-refractivity contribution is -0.137. The molecule has 0 aliphatic heterocycles. The Hall–Kier alpha value is -0.750. The van der Waals surface area contributed by atoms with Gasteiger partial charge in [0, 0.05) is 0 Å². The third-order valence-corrected chi connectivity index (χ3v) is 9.73. The average molecular weight is 769 g/mol. The highest BCUT2D eigenvalue weighted by atomic mass is 31.2. The van der Waals surface area contributed by atoms with Crippen molar-refractivity contribution >= 4 is 25.8 Å². The fourth-order valence-corrected chi connectivity index (χ4v) is 6.32. The smallest absolute Gasteiger partial charge is 0.334 e. The number of aliphatic hydroxyl groups excluding tert-OH is 3. The molecule has 0 atom stereocenters. The van der Waals surface area contributed by atoms with E-state index in [4.69, 9.17) is 34.3 Å². The molecule has 0 aliphatic rings. The van der Waals surface area contributed by atoms with E-state index in [1.165, 1.54) is 0 Å². The lowest BCUT2D eigenvalue weighted by Crippen LogP contribution is -2.56. The van der Waals surface area contributed by atoms with Crippen LogP contribution in [0.3, 0.4) is 0 Å². The number of benzene rings is 2. The predicted octanol–water partition coefficient (Wildman–Crippen LogP) is 5.31. The van der Waals surface area contributed by atoms with Crippen molar-refractivity contribution < 1.29 is 59.0 Å². The Balaban J connectivity index is 0.00000188. The summed E-state index contributed by atoms with van der Waals surface area (Å²) in [4.78, 5) is 53.0. The Morgan fingerprint density at radius 3 is 0.920 bits per heavy atom. The molecule has 0 aromatic heterocycles. The number of rotatable bonds is 8. The van der Waals surface area contributed by atoms with Crippen LogP contribution < -0.4 is 0 Å². The molecule has 0 fully saturated rings. The van der Waals surface area contributed by atoms with Crippen LogP contribution in [0.5, 0.6) is 0 Å². The Labute approximate surface area is 302 Å². The molecular weight excluding hydrogens is 705 g/mol.